The van der Waals surface area contributed by atoms with Crippen molar-refractivity contribution in [3.05, 3.63) is 29.5 Å². The number of ether oxygens (including phenoxy) is 1. The third-order valence-electron chi connectivity index (χ3n) is 2.72. The van der Waals surface area contributed by atoms with Gasteiger partial charge in [-0.15, -0.1) is 0 Å². The van der Waals surface area contributed by atoms with Gasteiger partial charge in [0.25, 0.3) is 0 Å². The Morgan fingerprint density at radius 2 is 1.89 bits per heavy atom. The molecule has 6 heteroatoms. The first kappa shape index (κ1) is 12.2. The van der Waals surface area contributed by atoms with E-state index in [0.29, 0.717) is 0 Å². The van der Waals surface area contributed by atoms with Crippen LogP contribution in [0, 0.1) is 13.8 Å². The van der Waals surface area contributed by atoms with Crippen molar-refractivity contribution >= 4 is 5.97 Å². The third-order valence-corrected chi connectivity index (χ3v) is 2.72. The number of hydrogen-bond donors (Lipinski definition) is 0. The summed E-state index contributed by atoms with van der Waals surface area (Å²) < 4.78 is 6.37. The molecule has 0 aliphatic rings. The molecule has 94 valence electrons. The molecule has 2 rings (SSSR count). The van der Waals surface area contributed by atoms with Gasteiger partial charge in [0.15, 0.2) is 0 Å². The van der Waals surface area contributed by atoms with Gasteiger partial charge < -0.3 is 4.74 Å². The topological polar surface area (TPSA) is 69.9 Å². The van der Waals surface area contributed by atoms with Crippen molar-refractivity contribution < 1.29 is 9.53 Å². The summed E-state index contributed by atoms with van der Waals surface area (Å²) in [4.78, 5) is 19.8. The Morgan fingerprint density at radius 1 is 1.28 bits per heavy atom. The summed E-state index contributed by atoms with van der Waals surface area (Å²) in [5.74, 6) is -0.448. The molecule has 2 aromatic heterocycles. The van der Waals surface area contributed by atoms with Crippen LogP contribution in [0.25, 0.3) is 11.3 Å². The van der Waals surface area contributed by atoms with Gasteiger partial charge in [0.2, 0.25) is 5.82 Å². The minimum absolute atomic E-state index is 0.0819. The van der Waals surface area contributed by atoms with Crippen LogP contribution in [-0.2, 0) is 11.8 Å². The van der Waals surface area contributed by atoms with Gasteiger partial charge in [-0.05, 0) is 19.9 Å². The Balaban J connectivity index is 2.58. The van der Waals surface area contributed by atoms with Crippen molar-refractivity contribution in [1.29, 1.82) is 0 Å². The maximum atomic E-state index is 11.4. The molecule has 0 unspecified atom stereocenters. The number of aryl methyl sites for hydroxylation is 3. The molecule has 18 heavy (non-hydrogen) atoms. The highest BCUT2D eigenvalue weighted by Gasteiger charge is 2.17. The maximum Gasteiger partial charge on any atom is 0.376 e. The Morgan fingerprint density at radius 3 is 2.33 bits per heavy atom. The monoisotopic (exact) mass is 246 g/mol. The second kappa shape index (κ2) is 4.56. The summed E-state index contributed by atoms with van der Waals surface area (Å²) in [6, 6.07) is 1.89. The molecule has 0 fully saturated rings. The van der Waals surface area contributed by atoms with Gasteiger partial charge in [0.05, 0.1) is 24.2 Å². The molecular weight excluding hydrogens is 232 g/mol. The molecule has 0 amide bonds. The predicted octanol–water partition coefficient (Wildman–Crippen LogP) is 1.28. The summed E-state index contributed by atoms with van der Waals surface area (Å²) in [5, 5.41) is 4.12. The Labute approximate surface area is 105 Å². The van der Waals surface area contributed by atoms with E-state index in [4.69, 9.17) is 0 Å². The molecule has 0 saturated carbocycles. The zero-order chi connectivity index (χ0) is 13.3. The van der Waals surface area contributed by atoms with Crippen molar-refractivity contribution in [2.24, 2.45) is 7.05 Å². The fourth-order valence-corrected chi connectivity index (χ4v) is 1.89. The van der Waals surface area contributed by atoms with E-state index in [0.717, 1.165) is 22.6 Å². The average Bonchev–Trinajstić information content (AvgIpc) is 2.74. The van der Waals surface area contributed by atoms with Gasteiger partial charge in [-0.2, -0.15) is 5.10 Å². The molecule has 0 saturated heterocycles. The van der Waals surface area contributed by atoms with E-state index in [9.17, 15) is 4.79 Å². The Bertz CT molecular complexity index is 581. The number of nitrogens with zero attached hydrogens (tertiary/aromatic N) is 4. The van der Waals surface area contributed by atoms with Crippen LogP contribution in [0.4, 0.5) is 0 Å². The van der Waals surface area contributed by atoms with Gasteiger partial charge >= 0.3 is 5.97 Å². The minimum atomic E-state index is -0.530. The number of esters is 1. The zero-order valence-electron chi connectivity index (χ0n) is 10.8. The second-order valence-corrected chi connectivity index (χ2v) is 3.92. The molecular formula is C12H14N4O2. The molecule has 2 heterocycles. The number of aromatic nitrogens is 4. The average molecular weight is 246 g/mol. The first-order chi connectivity index (χ1) is 8.54. The lowest BCUT2D eigenvalue weighted by molar-refractivity contribution is 0.0586. The van der Waals surface area contributed by atoms with Crippen LogP contribution in [0.2, 0.25) is 0 Å². The van der Waals surface area contributed by atoms with E-state index in [-0.39, 0.29) is 5.82 Å². The van der Waals surface area contributed by atoms with Crippen LogP contribution in [-0.4, -0.2) is 32.8 Å². The van der Waals surface area contributed by atoms with E-state index in [1.807, 2.05) is 27.0 Å². The normalized spacial score (nSPS) is 10.4. The summed E-state index contributed by atoms with van der Waals surface area (Å²) >= 11 is 0. The lowest BCUT2D eigenvalue weighted by Gasteiger charge is -2.10. The molecule has 0 aromatic carbocycles. The smallest absolute Gasteiger partial charge is 0.376 e. The SMILES string of the molecule is COC(=O)c1nc(C)c(-c2ccnn2C)c(C)n1. The highest BCUT2D eigenvalue weighted by molar-refractivity contribution is 5.85. The van der Waals surface area contributed by atoms with Gasteiger partial charge in [0.1, 0.15) is 0 Å². The van der Waals surface area contributed by atoms with Crippen LogP contribution in [0.3, 0.4) is 0 Å². The molecule has 0 aliphatic heterocycles. The molecule has 0 bridgehead atoms. The zero-order valence-corrected chi connectivity index (χ0v) is 10.8. The minimum Gasteiger partial charge on any atom is -0.463 e. The standard InChI is InChI=1S/C12H14N4O2/c1-7-10(9-5-6-13-16(9)3)8(2)15-11(14-7)12(17)18-4/h5-6H,1-4H3. The van der Waals surface area contributed by atoms with E-state index in [1.165, 1.54) is 7.11 Å². The summed E-state index contributed by atoms with van der Waals surface area (Å²) in [6.45, 7) is 3.67. The lowest BCUT2D eigenvalue weighted by Crippen LogP contribution is -2.11. The third kappa shape index (κ3) is 1.97. The van der Waals surface area contributed by atoms with E-state index in [1.54, 1.807) is 10.9 Å². The van der Waals surface area contributed by atoms with Crippen molar-refractivity contribution in [1.82, 2.24) is 19.7 Å². The molecule has 0 radical (unpaired) electrons. The van der Waals surface area contributed by atoms with Crippen molar-refractivity contribution in [3.63, 3.8) is 0 Å². The highest BCUT2D eigenvalue weighted by Crippen LogP contribution is 2.24. The summed E-state index contributed by atoms with van der Waals surface area (Å²) in [6.07, 6.45) is 1.71. The number of hydrogen-bond acceptors (Lipinski definition) is 5. The molecule has 0 N–H and O–H groups in total. The van der Waals surface area contributed by atoms with Crippen LogP contribution in [0.5, 0.6) is 0 Å². The van der Waals surface area contributed by atoms with E-state index >= 15 is 0 Å². The Kier molecular flexibility index (Phi) is 3.10. The lowest BCUT2D eigenvalue weighted by atomic mass is 10.1. The van der Waals surface area contributed by atoms with Gasteiger partial charge in [-0.1, -0.05) is 0 Å². The summed E-state index contributed by atoms with van der Waals surface area (Å²) in [7, 11) is 3.16. The van der Waals surface area contributed by atoms with Crippen LogP contribution < -0.4 is 0 Å². The second-order valence-electron chi connectivity index (χ2n) is 3.92. The molecule has 2 aromatic rings. The maximum absolute atomic E-state index is 11.4. The fourth-order valence-electron chi connectivity index (χ4n) is 1.89. The van der Waals surface area contributed by atoms with Crippen LogP contribution >= 0.6 is 0 Å². The quantitative estimate of drug-likeness (QED) is 0.746. The molecule has 0 spiro atoms. The Hall–Kier alpha value is -2.24. The van der Waals surface area contributed by atoms with Crippen LogP contribution in [0.1, 0.15) is 22.0 Å². The highest BCUT2D eigenvalue weighted by atomic mass is 16.5. The summed E-state index contributed by atoms with van der Waals surface area (Å²) in [5.41, 5.74) is 3.27. The first-order valence-corrected chi connectivity index (χ1v) is 5.46. The number of carbonyl (C=O) groups excluding carboxylic acids is 1. The predicted molar refractivity (Wildman–Crippen MR) is 65.0 cm³/mol. The fraction of sp³-hybridized carbons (Fsp3) is 0.333. The van der Waals surface area contributed by atoms with Crippen molar-refractivity contribution in [3.8, 4) is 11.3 Å². The molecule has 6 nitrogen and oxygen atoms in total. The van der Waals surface area contributed by atoms with Crippen molar-refractivity contribution in [2.45, 2.75) is 13.8 Å². The van der Waals surface area contributed by atoms with E-state index in [2.05, 4.69) is 19.8 Å². The molecule has 0 aliphatic carbocycles. The van der Waals surface area contributed by atoms with E-state index < -0.39 is 5.97 Å². The van der Waals surface area contributed by atoms with Crippen LogP contribution in [0.15, 0.2) is 12.3 Å². The van der Waals surface area contributed by atoms with Crippen molar-refractivity contribution in [2.75, 3.05) is 7.11 Å². The van der Waals surface area contributed by atoms with Gasteiger partial charge in [-0.25, -0.2) is 14.8 Å². The number of carbonyl (C=O) groups is 1. The first-order valence-electron chi connectivity index (χ1n) is 5.46. The number of methoxy groups -OCH3 is 1. The largest absolute Gasteiger partial charge is 0.463 e. The van der Waals surface area contributed by atoms with Gasteiger partial charge in [0, 0.05) is 18.8 Å². The number of rotatable bonds is 2. The van der Waals surface area contributed by atoms with Gasteiger partial charge in [-0.3, -0.25) is 4.68 Å². The molecule has 0 atom stereocenters.